The molecule has 0 bridgehead atoms. The highest BCUT2D eigenvalue weighted by Gasteiger charge is 2.48. The fourth-order valence-corrected chi connectivity index (χ4v) is 4.94. The predicted octanol–water partition coefficient (Wildman–Crippen LogP) is 4.36. The van der Waals surface area contributed by atoms with Crippen LogP contribution in [0, 0.1) is 11.8 Å². The van der Waals surface area contributed by atoms with Crippen LogP contribution in [0.4, 0.5) is 0 Å². The molecule has 3 heteroatoms. The number of hydrogen-bond acceptors (Lipinski definition) is 3. The number of aliphatic hydroxyl groups is 1. The summed E-state index contributed by atoms with van der Waals surface area (Å²) in [5.74, 6) is 1.63. The third-order valence-corrected chi connectivity index (χ3v) is 6.16. The van der Waals surface area contributed by atoms with Crippen LogP contribution in [0.2, 0.25) is 0 Å². The van der Waals surface area contributed by atoms with Gasteiger partial charge < -0.3 is 14.7 Å². The topological polar surface area (TPSA) is 32.7 Å². The second-order valence-electron chi connectivity index (χ2n) is 8.10. The first-order valence-corrected chi connectivity index (χ1v) is 9.76. The Bertz CT molecular complexity index is 587. The Morgan fingerprint density at radius 1 is 1.12 bits per heavy atom. The Hall–Kier alpha value is -1.32. The molecule has 0 aromatic heterocycles. The number of ether oxygens (including phenoxy) is 1. The minimum Gasteiger partial charge on any atom is -0.497 e. The van der Waals surface area contributed by atoms with Crippen LogP contribution in [-0.4, -0.2) is 43.4 Å². The molecule has 1 aromatic rings. The number of nitrogens with zero attached hydrogens (tertiary/aromatic N) is 1. The molecule has 0 aliphatic heterocycles. The zero-order valence-electron chi connectivity index (χ0n) is 16.0. The first-order chi connectivity index (χ1) is 12.0. The summed E-state index contributed by atoms with van der Waals surface area (Å²) in [6.07, 6.45) is 10.4. The molecule has 2 aliphatic carbocycles. The lowest BCUT2D eigenvalue weighted by molar-refractivity contribution is -0.0581. The van der Waals surface area contributed by atoms with Gasteiger partial charge in [0.1, 0.15) is 5.75 Å². The monoisotopic (exact) mass is 343 g/mol. The van der Waals surface area contributed by atoms with E-state index in [1.807, 2.05) is 12.1 Å². The number of hydrogen-bond donors (Lipinski definition) is 1. The van der Waals surface area contributed by atoms with E-state index in [4.69, 9.17) is 4.74 Å². The Balaban J connectivity index is 1.94. The van der Waals surface area contributed by atoms with E-state index in [0.29, 0.717) is 11.8 Å². The summed E-state index contributed by atoms with van der Waals surface area (Å²) >= 11 is 0. The maximum atomic E-state index is 12.0. The van der Waals surface area contributed by atoms with Crippen LogP contribution in [-0.2, 0) is 0 Å². The fourth-order valence-electron chi connectivity index (χ4n) is 4.94. The highest BCUT2D eigenvalue weighted by Crippen LogP contribution is 2.49. The van der Waals surface area contributed by atoms with Gasteiger partial charge in [0.2, 0.25) is 0 Å². The van der Waals surface area contributed by atoms with Crippen molar-refractivity contribution in [2.75, 3.05) is 27.7 Å². The Labute approximate surface area is 152 Å². The Morgan fingerprint density at radius 2 is 1.80 bits per heavy atom. The number of methoxy groups -OCH3 is 1. The summed E-state index contributed by atoms with van der Waals surface area (Å²) in [5, 5.41) is 12.0. The maximum Gasteiger partial charge on any atom is 0.118 e. The lowest BCUT2D eigenvalue weighted by Gasteiger charge is -2.47. The van der Waals surface area contributed by atoms with Crippen molar-refractivity contribution in [3.8, 4) is 5.75 Å². The van der Waals surface area contributed by atoms with Crippen molar-refractivity contribution < 1.29 is 9.84 Å². The van der Waals surface area contributed by atoms with E-state index in [2.05, 4.69) is 37.2 Å². The van der Waals surface area contributed by atoms with Gasteiger partial charge in [-0.2, -0.15) is 0 Å². The normalized spacial score (nSPS) is 29.5. The van der Waals surface area contributed by atoms with Gasteiger partial charge in [-0.15, -0.1) is 0 Å². The van der Waals surface area contributed by atoms with Gasteiger partial charge in [-0.1, -0.05) is 31.1 Å². The van der Waals surface area contributed by atoms with Gasteiger partial charge in [0, 0.05) is 12.5 Å². The quantitative estimate of drug-likeness (QED) is 0.862. The van der Waals surface area contributed by atoms with Crippen molar-refractivity contribution in [1.29, 1.82) is 0 Å². The minimum atomic E-state index is -0.640. The van der Waals surface area contributed by atoms with E-state index in [9.17, 15) is 5.11 Å². The van der Waals surface area contributed by atoms with Crippen molar-refractivity contribution >= 4 is 6.08 Å². The summed E-state index contributed by atoms with van der Waals surface area (Å²) < 4.78 is 5.27. The van der Waals surface area contributed by atoms with Crippen molar-refractivity contribution in [2.45, 2.75) is 50.5 Å². The van der Waals surface area contributed by atoms with Crippen LogP contribution in [0.15, 0.2) is 29.8 Å². The average Bonchev–Trinajstić information content (AvgIpc) is 3.14. The number of rotatable bonds is 5. The molecule has 138 valence electrons. The first-order valence-electron chi connectivity index (χ1n) is 9.76. The van der Waals surface area contributed by atoms with Gasteiger partial charge in [-0.3, -0.25) is 0 Å². The molecule has 1 N–H and O–H groups in total. The lowest BCUT2D eigenvalue weighted by Crippen LogP contribution is -2.51. The van der Waals surface area contributed by atoms with Crippen LogP contribution in [0.1, 0.15) is 50.5 Å². The van der Waals surface area contributed by atoms with E-state index in [1.165, 1.54) is 37.7 Å². The van der Waals surface area contributed by atoms with Crippen LogP contribution >= 0.6 is 0 Å². The smallest absolute Gasteiger partial charge is 0.118 e. The lowest BCUT2D eigenvalue weighted by atomic mass is 9.64. The van der Waals surface area contributed by atoms with Crippen molar-refractivity contribution in [3.05, 3.63) is 35.4 Å². The second kappa shape index (κ2) is 7.92. The van der Waals surface area contributed by atoms with Crippen LogP contribution in [0.3, 0.4) is 0 Å². The van der Waals surface area contributed by atoms with E-state index in [1.54, 1.807) is 7.11 Å². The molecule has 3 rings (SSSR count). The van der Waals surface area contributed by atoms with Gasteiger partial charge in [0.05, 0.1) is 12.7 Å². The Morgan fingerprint density at radius 3 is 2.40 bits per heavy atom. The summed E-state index contributed by atoms with van der Waals surface area (Å²) in [4.78, 5) is 2.24. The maximum absolute atomic E-state index is 12.0. The summed E-state index contributed by atoms with van der Waals surface area (Å²) in [7, 11) is 5.94. The average molecular weight is 344 g/mol. The molecule has 2 unspecified atom stereocenters. The van der Waals surface area contributed by atoms with Crippen molar-refractivity contribution in [2.24, 2.45) is 11.8 Å². The van der Waals surface area contributed by atoms with E-state index >= 15 is 0 Å². The molecule has 2 fully saturated rings. The Kier molecular flexibility index (Phi) is 5.85. The zero-order valence-corrected chi connectivity index (χ0v) is 16.0. The van der Waals surface area contributed by atoms with E-state index in [-0.39, 0.29) is 0 Å². The largest absolute Gasteiger partial charge is 0.497 e. The van der Waals surface area contributed by atoms with Gasteiger partial charge in [-0.05, 0) is 75.4 Å². The summed E-state index contributed by atoms with van der Waals surface area (Å²) in [6.45, 7) is 0.965. The molecule has 0 saturated heterocycles. The predicted molar refractivity (Wildman–Crippen MR) is 104 cm³/mol. The molecular weight excluding hydrogens is 310 g/mol. The first kappa shape index (κ1) is 18.5. The third kappa shape index (κ3) is 3.93. The summed E-state index contributed by atoms with van der Waals surface area (Å²) in [5.41, 5.74) is 1.78. The van der Waals surface area contributed by atoms with Crippen LogP contribution in [0.25, 0.3) is 6.08 Å². The third-order valence-electron chi connectivity index (χ3n) is 6.16. The molecule has 2 saturated carbocycles. The van der Waals surface area contributed by atoms with Crippen LogP contribution in [0.5, 0.6) is 5.75 Å². The number of benzene rings is 1. The standard InChI is InChI=1S/C22H33NO2/c1-23(2)16-20-10-6-9-19(22(20,24)18-7-4-5-8-18)15-17-11-13-21(25-3)14-12-17/h11-15,18,20,24H,4-10,16H2,1-3H3/b19-15+. The van der Waals surface area contributed by atoms with Crippen LogP contribution < -0.4 is 4.74 Å². The van der Waals surface area contributed by atoms with E-state index in [0.717, 1.165) is 30.7 Å². The second-order valence-corrected chi connectivity index (χ2v) is 8.10. The van der Waals surface area contributed by atoms with Gasteiger partial charge >= 0.3 is 0 Å². The molecule has 25 heavy (non-hydrogen) atoms. The summed E-state index contributed by atoms with van der Waals surface area (Å²) in [6, 6.07) is 8.19. The molecule has 0 spiro atoms. The molecular formula is C22H33NO2. The van der Waals surface area contributed by atoms with Gasteiger partial charge in [0.15, 0.2) is 0 Å². The molecule has 1 aromatic carbocycles. The zero-order chi connectivity index (χ0) is 17.9. The molecule has 0 heterocycles. The van der Waals surface area contributed by atoms with Gasteiger partial charge in [-0.25, -0.2) is 0 Å². The fraction of sp³-hybridized carbons (Fsp3) is 0.636. The minimum absolute atomic E-state index is 0.337. The van der Waals surface area contributed by atoms with Gasteiger partial charge in [0.25, 0.3) is 0 Å². The van der Waals surface area contributed by atoms with Crippen molar-refractivity contribution in [1.82, 2.24) is 4.90 Å². The molecule has 0 radical (unpaired) electrons. The van der Waals surface area contributed by atoms with E-state index < -0.39 is 5.60 Å². The van der Waals surface area contributed by atoms with Crippen molar-refractivity contribution in [3.63, 3.8) is 0 Å². The molecule has 2 aliphatic rings. The molecule has 0 amide bonds. The highest BCUT2D eigenvalue weighted by molar-refractivity contribution is 5.57. The molecule has 3 nitrogen and oxygen atoms in total. The highest BCUT2D eigenvalue weighted by atomic mass is 16.5. The molecule has 2 atom stereocenters. The SMILES string of the molecule is COc1ccc(/C=C2\CCCC(CN(C)C)C2(O)C2CCCC2)cc1.